The summed E-state index contributed by atoms with van der Waals surface area (Å²) in [6, 6.07) is 9.18. The van der Waals surface area contributed by atoms with Gasteiger partial charge in [0.15, 0.2) is 6.61 Å². The van der Waals surface area contributed by atoms with Gasteiger partial charge in [-0.05, 0) is 49.1 Å². The monoisotopic (exact) mass is 421 g/mol. The van der Waals surface area contributed by atoms with Gasteiger partial charge in [0, 0.05) is 17.1 Å². The summed E-state index contributed by atoms with van der Waals surface area (Å²) in [5, 5.41) is 7.01. The molecule has 1 N–H and O–H groups in total. The maximum Gasteiger partial charge on any atom is 0.339 e. The summed E-state index contributed by atoms with van der Waals surface area (Å²) in [4.78, 5) is 30.2. The molecule has 4 rings (SSSR count). The molecule has 7 heteroatoms. The first-order valence-electron chi connectivity index (χ1n) is 10.5. The lowest BCUT2D eigenvalue weighted by Crippen LogP contribution is -2.29. The molecule has 1 aliphatic rings. The first-order valence-corrected chi connectivity index (χ1v) is 10.5. The zero-order valence-corrected chi connectivity index (χ0v) is 18.3. The van der Waals surface area contributed by atoms with Gasteiger partial charge in [-0.3, -0.25) is 15.1 Å². The van der Waals surface area contributed by atoms with Crippen molar-refractivity contribution in [3.8, 4) is 0 Å². The fourth-order valence-corrected chi connectivity index (χ4v) is 4.16. The number of nitrogens with one attached hydrogen (secondary N) is 1. The molecular weight excluding hydrogens is 394 g/mol. The number of benzene rings is 1. The Kier molecular flexibility index (Phi) is 5.52. The summed E-state index contributed by atoms with van der Waals surface area (Å²) in [6.07, 6.45) is 2.63. The Labute approximate surface area is 181 Å². The van der Waals surface area contributed by atoms with Crippen molar-refractivity contribution in [1.29, 1.82) is 0 Å². The van der Waals surface area contributed by atoms with E-state index in [4.69, 9.17) is 14.2 Å². The molecule has 1 amide bonds. The van der Waals surface area contributed by atoms with Crippen LogP contribution in [-0.2, 0) is 22.4 Å². The molecule has 2 aromatic heterocycles. The van der Waals surface area contributed by atoms with E-state index in [2.05, 4.69) is 31.2 Å². The molecule has 0 unspecified atom stereocenters. The van der Waals surface area contributed by atoms with Gasteiger partial charge in [-0.2, -0.15) is 0 Å². The van der Waals surface area contributed by atoms with E-state index in [1.807, 2.05) is 24.3 Å². The first-order chi connectivity index (χ1) is 14.7. The zero-order chi connectivity index (χ0) is 22.2. The van der Waals surface area contributed by atoms with Crippen molar-refractivity contribution in [1.82, 2.24) is 10.1 Å². The molecule has 0 spiro atoms. The molecule has 0 radical (unpaired) electrons. The molecule has 0 bridgehead atoms. The molecule has 31 heavy (non-hydrogen) atoms. The molecule has 7 nitrogen and oxygen atoms in total. The number of pyridine rings is 1. The molecule has 162 valence electrons. The molecule has 1 aliphatic carbocycles. The number of esters is 1. The third-order valence-electron chi connectivity index (χ3n) is 5.91. The van der Waals surface area contributed by atoms with Crippen molar-refractivity contribution in [2.24, 2.45) is 11.3 Å². The topological polar surface area (TPSA) is 94.3 Å². The lowest BCUT2D eigenvalue weighted by atomic mass is 9.70. The van der Waals surface area contributed by atoms with Crippen LogP contribution in [0.25, 0.3) is 10.9 Å². The largest absolute Gasteiger partial charge is 0.452 e. The lowest BCUT2D eigenvalue weighted by Gasteiger charge is -2.35. The Morgan fingerprint density at radius 1 is 1.26 bits per heavy atom. The van der Waals surface area contributed by atoms with Crippen LogP contribution in [0, 0.1) is 18.3 Å². The number of hydrogen-bond donors (Lipinski definition) is 1. The highest BCUT2D eigenvalue weighted by Crippen LogP contribution is 2.39. The quantitative estimate of drug-likeness (QED) is 0.624. The molecule has 0 saturated carbocycles. The van der Waals surface area contributed by atoms with E-state index in [9.17, 15) is 9.59 Å². The van der Waals surface area contributed by atoms with Gasteiger partial charge in [-0.15, -0.1) is 0 Å². The third kappa shape index (κ3) is 4.45. The summed E-state index contributed by atoms with van der Waals surface area (Å²) in [5.74, 6) is -0.330. The second kappa shape index (κ2) is 8.13. The van der Waals surface area contributed by atoms with Crippen molar-refractivity contribution in [3.05, 3.63) is 52.8 Å². The smallest absolute Gasteiger partial charge is 0.339 e. The molecule has 0 saturated heterocycles. The number of aryl methyl sites for hydroxylation is 2. The Hall–Kier alpha value is -3.22. The van der Waals surface area contributed by atoms with Crippen molar-refractivity contribution < 1.29 is 18.8 Å². The first kappa shape index (κ1) is 21.0. The molecular formula is C24H27N3O4. The van der Waals surface area contributed by atoms with E-state index in [1.165, 1.54) is 0 Å². The summed E-state index contributed by atoms with van der Waals surface area (Å²) in [7, 11) is 0. The van der Waals surface area contributed by atoms with Gasteiger partial charge in [0.25, 0.3) is 5.91 Å². The molecule has 3 aromatic rings. The zero-order valence-electron chi connectivity index (χ0n) is 18.3. The van der Waals surface area contributed by atoms with E-state index in [1.54, 1.807) is 13.0 Å². The highest BCUT2D eigenvalue weighted by atomic mass is 16.5. The number of carbonyl (C=O) groups excluding carboxylic acids is 2. The average Bonchev–Trinajstić information content (AvgIpc) is 3.13. The summed E-state index contributed by atoms with van der Waals surface area (Å²) >= 11 is 0. The number of para-hydroxylation sites is 1. The van der Waals surface area contributed by atoms with Crippen LogP contribution >= 0.6 is 0 Å². The van der Waals surface area contributed by atoms with Crippen LogP contribution in [0.5, 0.6) is 0 Å². The number of rotatable bonds is 4. The van der Waals surface area contributed by atoms with Crippen LogP contribution in [0.4, 0.5) is 5.88 Å². The van der Waals surface area contributed by atoms with E-state index >= 15 is 0 Å². The van der Waals surface area contributed by atoms with Gasteiger partial charge < -0.3 is 9.26 Å². The van der Waals surface area contributed by atoms with Crippen LogP contribution in [0.1, 0.15) is 54.5 Å². The van der Waals surface area contributed by atoms with Crippen LogP contribution < -0.4 is 5.32 Å². The fourth-order valence-electron chi connectivity index (χ4n) is 4.16. The predicted octanol–water partition coefficient (Wildman–Crippen LogP) is 4.48. The SMILES string of the molecule is Cc1cc(NC(=O)COC(=O)c2c3c(nc4ccccc24)CC[C@@H](C(C)(C)C)C3)on1. The number of amides is 1. The maximum atomic E-state index is 13.2. The van der Waals surface area contributed by atoms with Gasteiger partial charge in [-0.25, -0.2) is 4.79 Å². The highest BCUT2D eigenvalue weighted by molar-refractivity contribution is 6.06. The minimum absolute atomic E-state index is 0.125. The molecule has 2 heterocycles. The maximum absolute atomic E-state index is 13.2. The van der Waals surface area contributed by atoms with Crippen molar-refractivity contribution >= 4 is 28.7 Å². The number of anilines is 1. The number of carbonyl (C=O) groups is 2. The second-order valence-corrected chi connectivity index (χ2v) is 9.19. The normalized spacial score (nSPS) is 16.1. The van der Waals surface area contributed by atoms with Gasteiger partial charge in [0.2, 0.25) is 5.88 Å². The van der Waals surface area contributed by atoms with Crippen LogP contribution in [0.2, 0.25) is 0 Å². The van der Waals surface area contributed by atoms with E-state index in [0.29, 0.717) is 17.2 Å². The Morgan fingerprint density at radius 2 is 2.03 bits per heavy atom. The minimum Gasteiger partial charge on any atom is -0.452 e. The number of fused-ring (bicyclic) bond motifs is 2. The lowest BCUT2D eigenvalue weighted by molar-refractivity contribution is -0.119. The average molecular weight is 421 g/mol. The van der Waals surface area contributed by atoms with Crippen LogP contribution in [0.15, 0.2) is 34.9 Å². The minimum atomic E-state index is -0.506. The summed E-state index contributed by atoms with van der Waals surface area (Å²) < 4.78 is 10.4. The molecule has 0 fully saturated rings. The van der Waals surface area contributed by atoms with E-state index in [0.717, 1.165) is 41.4 Å². The van der Waals surface area contributed by atoms with Crippen LogP contribution in [0.3, 0.4) is 0 Å². The van der Waals surface area contributed by atoms with Crippen molar-refractivity contribution in [2.45, 2.75) is 47.0 Å². The van der Waals surface area contributed by atoms with Gasteiger partial charge in [0.1, 0.15) is 0 Å². The number of ether oxygens (including phenoxy) is 1. The van der Waals surface area contributed by atoms with Crippen molar-refractivity contribution in [3.63, 3.8) is 0 Å². The van der Waals surface area contributed by atoms with Gasteiger partial charge in [-0.1, -0.05) is 44.1 Å². The van der Waals surface area contributed by atoms with Crippen molar-refractivity contribution in [2.75, 3.05) is 11.9 Å². The van der Waals surface area contributed by atoms with Gasteiger partial charge in [0.05, 0.1) is 16.8 Å². The Balaban J connectivity index is 1.61. The number of hydrogen-bond acceptors (Lipinski definition) is 6. The van der Waals surface area contributed by atoms with Gasteiger partial charge >= 0.3 is 5.97 Å². The number of aromatic nitrogens is 2. The Bertz CT molecular complexity index is 1140. The second-order valence-electron chi connectivity index (χ2n) is 9.19. The third-order valence-corrected chi connectivity index (χ3v) is 5.91. The summed E-state index contributed by atoms with van der Waals surface area (Å²) in [5.41, 5.74) is 3.96. The standard InChI is InChI=1S/C24H27N3O4/c1-14-11-21(31-27-14)26-20(28)13-30-23(29)22-16-7-5-6-8-18(16)25-19-10-9-15(12-17(19)22)24(2,3)4/h5-8,11,15H,9-10,12-13H2,1-4H3,(H,26,28)/t15-/m1/s1. The number of nitrogens with zero attached hydrogens (tertiary/aromatic N) is 2. The molecule has 1 atom stereocenters. The Morgan fingerprint density at radius 3 is 2.74 bits per heavy atom. The fraction of sp³-hybridized carbons (Fsp3) is 0.417. The molecule has 0 aliphatic heterocycles. The van der Waals surface area contributed by atoms with Crippen LogP contribution in [-0.4, -0.2) is 28.6 Å². The molecule has 1 aromatic carbocycles. The highest BCUT2D eigenvalue weighted by Gasteiger charge is 2.33. The predicted molar refractivity (Wildman–Crippen MR) is 117 cm³/mol. The van der Waals surface area contributed by atoms with E-state index < -0.39 is 18.5 Å². The summed E-state index contributed by atoms with van der Waals surface area (Å²) in [6.45, 7) is 8.02. The van der Waals surface area contributed by atoms with E-state index in [-0.39, 0.29) is 11.3 Å².